The molecule has 3 rings (SSSR count). The first-order chi connectivity index (χ1) is 11.1. The molecular weight excluding hydrogens is 290 g/mol. The van der Waals surface area contributed by atoms with Crippen LogP contribution in [0.15, 0.2) is 36.4 Å². The molecule has 0 atom stereocenters. The summed E-state index contributed by atoms with van der Waals surface area (Å²) in [7, 11) is 0. The quantitative estimate of drug-likeness (QED) is 0.671. The summed E-state index contributed by atoms with van der Waals surface area (Å²) >= 11 is 0. The van der Waals surface area contributed by atoms with Crippen molar-refractivity contribution in [3.63, 3.8) is 0 Å². The summed E-state index contributed by atoms with van der Waals surface area (Å²) in [6.45, 7) is 4.93. The van der Waals surface area contributed by atoms with Gasteiger partial charge in [-0.2, -0.15) is 0 Å². The molecule has 0 aliphatic carbocycles. The molecular formula is C18H21N3O2. The molecule has 23 heavy (non-hydrogen) atoms. The number of carbonyl (C=O) groups is 1. The number of hydrogen-bond acceptors (Lipinski definition) is 5. The maximum absolute atomic E-state index is 12.6. The first-order valence-electron chi connectivity index (χ1n) is 7.69. The minimum atomic E-state index is -0.0723. The van der Waals surface area contributed by atoms with Gasteiger partial charge in [0.2, 0.25) is 0 Å². The fraction of sp³-hybridized carbons (Fsp3) is 0.278. The standard InChI is InChI=1S/C18H21N3O2/c1-12-2-3-13(10-15(12)19)18(22)14-4-5-17(16(20)11-14)21-6-8-23-9-7-21/h2-5,10-11H,6-9,19-20H2,1H3. The summed E-state index contributed by atoms with van der Waals surface area (Å²) in [5, 5.41) is 0. The third-order valence-corrected chi connectivity index (χ3v) is 4.18. The molecule has 120 valence electrons. The number of ketones is 1. The maximum Gasteiger partial charge on any atom is 0.193 e. The maximum atomic E-state index is 12.6. The van der Waals surface area contributed by atoms with Gasteiger partial charge in [-0.25, -0.2) is 0 Å². The number of nitrogen functional groups attached to an aromatic ring is 2. The molecule has 0 amide bonds. The molecule has 5 nitrogen and oxygen atoms in total. The van der Waals surface area contributed by atoms with Gasteiger partial charge < -0.3 is 21.1 Å². The van der Waals surface area contributed by atoms with E-state index in [9.17, 15) is 4.79 Å². The van der Waals surface area contributed by atoms with Crippen LogP contribution in [0.4, 0.5) is 17.1 Å². The van der Waals surface area contributed by atoms with Gasteiger partial charge in [0.15, 0.2) is 5.78 Å². The van der Waals surface area contributed by atoms with E-state index in [1.54, 1.807) is 18.2 Å². The average molecular weight is 311 g/mol. The molecule has 0 aromatic heterocycles. The van der Waals surface area contributed by atoms with E-state index >= 15 is 0 Å². The van der Waals surface area contributed by atoms with Gasteiger partial charge in [-0.3, -0.25) is 4.79 Å². The van der Waals surface area contributed by atoms with Gasteiger partial charge in [0, 0.05) is 29.9 Å². The Kier molecular flexibility index (Phi) is 4.21. The number of anilines is 3. The van der Waals surface area contributed by atoms with Crippen LogP contribution in [-0.2, 0) is 4.74 Å². The zero-order valence-corrected chi connectivity index (χ0v) is 13.2. The fourth-order valence-electron chi connectivity index (χ4n) is 2.74. The van der Waals surface area contributed by atoms with Gasteiger partial charge >= 0.3 is 0 Å². The summed E-state index contributed by atoms with van der Waals surface area (Å²) in [6, 6.07) is 10.8. The number of morpholine rings is 1. The van der Waals surface area contributed by atoms with Crippen LogP contribution in [0.2, 0.25) is 0 Å². The van der Waals surface area contributed by atoms with Gasteiger partial charge in [0.1, 0.15) is 0 Å². The predicted molar refractivity (Wildman–Crippen MR) is 92.9 cm³/mol. The van der Waals surface area contributed by atoms with Crippen LogP contribution in [-0.4, -0.2) is 32.1 Å². The van der Waals surface area contributed by atoms with Crippen molar-refractivity contribution in [2.75, 3.05) is 42.7 Å². The van der Waals surface area contributed by atoms with E-state index in [-0.39, 0.29) is 5.78 Å². The van der Waals surface area contributed by atoms with Crippen molar-refractivity contribution in [3.8, 4) is 0 Å². The third kappa shape index (κ3) is 3.14. The Labute approximate surface area is 135 Å². The number of benzene rings is 2. The summed E-state index contributed by atoms with van der Waals surface area (Å²) < 4.78 is 5.35. The van der Waals surface area contributed by atoms with Crippen LogP contribution in [0.3, 0.4) is 0 Å². The van der Waals surface area contributed by atoms with Crippen LogP contribution in [0.25, 0.3) is 0 Å². The summed E-state index contributed by atoms with van der Waals surface area (Å²) in [6.07, 6.45) is 0. The monoisotopic (exact) mass is 311 g/mol. The minimum Gasteiger partial charge on any atom is -0.398 e. The molecule has 0 unspecified atom stereocenters. The molecule has 2 aromatic rings. The molecule has 0 saturated carbocycles. The molecule has 1 fully saturated rings. The largest absolute Gasteiger partial charge is 0.398 e. The van der Waals surface area contributed by atoms with Crippen molar-refractivity contribution in [1.29, 1.82) is 0 Å². The summed E-state index contributed by atoms with van der Waals surface area (Å²) in [4.78, 5) is 14.8. The Hall–Kier alpha value is -2.53. The summed E-state index contributed by atoms with van der Waals surface area (Å²) in [5.41, 5.74) is 16.3. The van der Waals surface area contributed by atoms with Crippen molar-refractivity contribution in [3.05, 3.63) is 53.1 Å². The molecule has 0 radical (unpaired) electrons. The van der Waals surface area contributed by atoms with E-state index in [4.69, 9.17) is 16.2 Å². The Morgan fingerprint density at radius 3 is 2.22 bits per heavy atom. The van der Waals surface area contributed by atoms with E-state index < -0.39 is 0 Å². The molecule has 1 saturated heterocycles. The van der Waals surface area contributed by atoms with Gasteiger partial charge in [-0.1, -0.05) is 12.1 Å². The number of hydrogen-bond donors (Lipinski definition) is 2. The Morgan fingerprint density at radius 2 is 1.61 bits per heavy atom. The number of ether oxygens (including phenoxy) is 1. The Morgan fingerprint density at radius 1 is 1.00 bits per heavy atom. The highest BCUT2D eigenvalue weighted by Gasteiger charge is 2.16. The van der Waals surface area contributed by atoms with Gasteiger partial charge in [0.25, 0.3) is 0 Å². The van der Waals surface area contributed by atoms with Gasteiger partial charge in [-0.05, 0) is 36.8 Å². The highest BCUT2D eigenvalue weighted by atomic mass is 16.5. The lowest BCUT2D eigenvalue weighted by Crippen LogP contribution is -2.36. The minimum absolute atomic E-state index is 0.0723. The van der Waals surface area contributed by atoms with Gasteiger partial charge in [-0.15, -0.1) is 0 Å². The molecule has 1 aliphatic heterocycles. The number of rotatable bonds is 3. The predicted octanol–water partition coefficient (Wildman–Crippen LogP) is 2.23. The van der Waals surface area contributed by atoms with Crippen LogP contribution >= 0.6 is 0 Å². The SMILES string of the molecule is Cc1ccc(C(=O)c2ccc(N3CCOCC3)c(N)c2)cc1N. The van der Waals surface area contributed by atoms with E-state index in [1.165, 1.54) is 0 Å². The second kappa shape index (κ2) is 6.30. The zero-order chi connectivity index (χ0) is 16.4. The normalized spacial score (nSPS) is 14.7. The smallest absolute Gasteiger partial charge is 0.193 e. The van der Waals surface area contributed by atoms with Crippen molar-refractivity contribution >= 4 is 22.8 Å². The summed E-state index contributed by atoms with van der Waals surface area (Å²) in [5.74, 6) is -0.0723. The van der Waals surface area contributed by atoms with Crippen LogP contribution in [0, 0.1) is 6.92 Å². The van der Waals surface area contributed by atoms with E-state index in [0.29, 0.717) is 35.7 Å². The third-order valence-electron chi connectivity index (χ3n) is 4.18. The molecule has 4 N–H and O–H groups in total. The first kappa shape index (κ1) is 15.4. The lowest BCUT2D eigenvalue weighted by atomic mass is 10.00. The molecule has 2 aromatic carbocycles. The molecule has 1 heterocycles. The first-order valence-corrected chi connectivity index (χ1v) is 7.69. The molecule has 0 spiro atoms. The fourth-order valence-corrected chi connectivity index (χ4v) is 2.74. The van der Waals surface area contributed by atoms with Gasteiger partial charge in [0.05, 0.1) is 24.6 Å². The average Bonchev–Trinajstić information content (AvgIpc) is 2.57. The second-order valence-electron chi connectivity index (χ2n) is 5.77. The van der Waals surface area contributed by atoms with Crippen LogP contribution in [0.5, 0.6) is 0 Å². The van der Waals surface area contributed by atoms with E-state index in [2.05, 4.69) is 4.90 Å². The lowest BCUT2D eigenvalue weighted by Gasteiger charge is -2.30. The van der Waals surface area contributed by atoms with Crippen molar-refractivity contribution < 1.29 is 9.53 Å². The van der Waals surface area contributed by atoms with Crippen molar-refractivity contribution in [1.82, 2.24) is 0 Å². The highest BCUT2D eigenvalue weighted by Crippen LogP contribution is 2.26. The number of nitrogens with zero attached hydrogens (tertiary/aromatic N) is 1. The van der Waals surface area contributed by atoms with E-state index in [0.717, 1.165) is 24.3 Å². The van der Waals surface area contributed by atoms with Crippen molar-refractivity contribution in [2.45, 2.75) is 6.92 Å². The molecule has 0 bridgehead atoms. The number of aryl methyl sites for hydroxylation is 1. The number of nitrogens with two attached hydrogens (primary N) is 2. The Bertz CT molecular complexity index is 737. The molecule has 1 aliphatic rings. The highest BCUT2D eigenvalue weighted by molar-refractivity contribution is 6.10. The topological polar surface area (TPSA) is 81.6 Å². The Balaban J connectivity index is 1.86. The van der Waals surface area contributed by atoms with E-state index in [1.807, 2.05) is 25.1 Å². The lowest BCUT2D eigenvalue weighted by molar-refractivity contribution is 0.103. The zero-order valence-electron chi connectivity index (χ0n) is 13.2. The van der Waals surface area contributed by atoms with Crippen molar-refractivity contribution in [2.24, 2.45) is 0 Å². The molecule has 5 heteroatoms. The number of carbonyl (C=O) groups excluding carboxylic acids is 1. The second-order valence-corrected chi connectivity index (χ2v) is 5.77. The van der Waals surface area contributed by atoms with Crippen LogP contribution in [0.1, 0.15) is 21.5 Å². The van der Waals surface area contributed by atoms with Crippen LogP contribution < -0.4 is 16.4 Å².